The Morgan fingerprint density at radius 2 is 1.95 bits per heavy atom. The van der Waals surface area contributed by atoms with Gasteiger partial charge in [0.2, 0.25) is 0 Å². The van der Waals surface area contributed by atoms with Crippen LogP contribution in [0, 0.1) is 10.1 Å². The van der Waals surface area contributed by atoms with Crippen LogP contribution in [0.3, 0.4) is 0 Å². The van der Waals surface area contributed by atoms with Gasteiger partial charge in [-0.2, -0.15) is 0 Å². The number of nitro groups is 1. The van der Waals surface area contributed by atoms with Gasteiger partial charge in [-0.25, -0.2) is 0 Å². The number of aromatic amines is 1. The summed E-state index contributed by atoms with van der Waals surface area (Å²) in [5.41, 5.74) is 0.601. The second-order valence-corrected chi connectivity index (χ2v) is 4.35. The van der Waals surface area contributed by atoms with Crippen molar-refractivity contribution in [3.63, 3.8) is 0 Å². The van der Waals surface area contributed by atoms with E-state index in [1.807, 2.05) is 0 Å². The highest BCUT2D eigenvalue weighted by Gasteiger charge is 2.09. The van der Waals surface area contributed by atoms with Crippen LogP contribution in [0.4, 0.5) is 5.69 Å². The molecule has 2 aromatic rings. The smallest absolute Gasteiger partial charge is 0.269 e. The predicted octanol–water partition coefficient (Wildman–Crippen LogP) is 1.26. The lowest BCUT2D eigenvalue weighted by atomic mass is 10.1. The van der Waals surface area contributed by atoms with Gasteiger partial charge in [-0.15, -0.1) is 0 Å². The Labute approximate surface area is 119 Å². The fourth-order valence-electron chi connectivity index (χ4n) is 1.79. The van der Waals surface area contributed by atoms with Crippen molar-refractivity contribution in [1.82, 2.24) is 10.3 Å². The van der Waals surface area contributed by atoms with Crippen LogP contribution in [-0.2, 0) is 6.42 Å². The molecule has 0 unspecified atom stereocenters. The number of rotatable bonds is 5. The van der Waals surface area contributed by atoms with Gasteiger partial charge in [0.15, 0.2) is 5.43 Å². The quantitative estimate of drug-likeness (QED) is 0.637. The Morgan fingerprint density at radius 3 is 2.57 bits per heavy atom. The number of hydrogen-bond donors (Lipinski definition) is 2. The zero-order chi connectivity index (χ0) is 15.2. The summed E-state index contributed by atoms with van der Waals surface area (Å²) in [7, 11) is 0. The summed E-state index contributed by atoms with van der Waals surface area (Å²) in [6.07, 6.45) is 3.33. The number of pyridine rings is 1. The Kier molecular flexibility index (Phi) is 4.45. The van der Waals surface area contributed by atoms with Crippen LogP contribution in [0.5, 0.6) is 0 Å². The van der Waals surface area contributed by atoms with Gasteiger partial charge in [-0.3, -0.25) is 19.7 Å². The lowest BCUT2D eigenvalue weighted by Crippen LogP contribution is -2.30. The van der Waals surface area contributed by atoms with Crippen molar-refractivity contribution in [3.8, 4) is 0 Å². The van der Waals surface area contributed by atoms with Gasteiger partial charge < -0.3 is 10.3 Å². The molecule has 108 valence electrons. The summed E-state index contributed by atoms with van der Waals surface area (Å²) in [5, 5.41) is 13.2. The summed E-state index contributed by atoms with van der Waals surface area (Å²) < 4.78 is 0. The van der Waals surface area contributed by atoms with Gasteiger partial charge in [0.1, 0.15) is 5.56 Å². The molecular weight excluding hydrogens is 274 g/mol. The summed E-state index contributed by atoms with van der Waals surface area (Å²) in [6.45, 7) is 0.338. The summed E-state index contributed by atoms with van der Waals surface area (Å²) in [4.78, 5) is 36.0. The van der Waals surface area contributed by atoms with Gasteiger partial charge in [-0.05, 0) is 12.0 Å². The molecule has 0 aliphatic carbocycles. The van der Waals surface area contributed by atoms with Crippen molar-refractivity contribution in [1.29, 1.82) is 0 Å². The molecule has 2 rings (SSSR count). The van der Waals surface area contributed by atoms with E-state index in [9.17, 15) is 19.7 Å². The topological polar surface area (TPSA) is 105 Å². The molecule has 0 radical (unpaired) electrons. The Hall–Kier alpha value is -2.96. The van der Waals surface area contributed by atoms with Crippen molar-refractivity contribution >= 4 is 11.6 Å². The maximum Gasteiger partial charge on any atom is 0.269 e. The normalized spacial score (nSPS) is 10.1. The van der Waals surface area contributed by atoms with E-state index in [0.29, 0.717) is 13.0 Å². The fraction of sp³-hybridized carbons (Fsp3) is 0.143. The Morgan fingerprint density at radius 1 is 1.24 bits per heavy atom. The number of non-ortho nitro benzene ring substituents is 1. The second-order valence-electron chi connectivity index (χ2n) is 4.35. The minimum absolute atomic E-state index is 0.0265. The van der Waals surface area contributed by atoms with Crippen LogP contribution in [0.1, 0.15) is 15.9 Å². The number of aromatic nitrogens is 1. The first-order valence-electron chi connectivity index (χ1n) is 6.26. The number of benzene rings is 1. The van der Waals surface area contributed by atoms with Crippen LogP contribution < -0.4 is 10.7 Å². The molecular formula is C14H13N3O4. The first kappa shape index (κ1) is 14.4. The van der Waals surface area contributed by atoms with Crippen molar-refractivity contribution in [2.24, 2.45) is 0 Å². The van der Waals surface area contributed by atoms with Gasteiger partial charge in [-0.1, -0.05) is 12.1 Å². The van der Waals surface area contributed by atoms with E-state index in [0.717, 1.165) is 5.56 Å². The molecule has 1 aromatic heterocycles. The van der Waals surface area contributed by atoms with E-state index in [2.05, 4.69) is 10.3 Å². The van der Waals surface area contributed by atoms with Gasteiger partial charge in [0.25, 0.3) is 11.6 Å². The molecule has 21 heavy (non-hydrogen) atoms. The minimum Gasteiger partial charge on any atom is -0.367 e. The lowest BCUT2D eigenvalue weighted by Gasteiger charge is -2.04. The molecule has 0 atom stereocenters. The van der Waals surface area contributed by atoms with Crippen molar-refractivity contribution in [2.75, 3.05) is 6.54 Å². The first-order valence-corrected chi connectivity index (χ1v) is 6.26. The maximum absolute atomic E-state index is 11.8. The van der Waals surface area contributed by atoms with Crippen LogP contribution in [0.25, 0.3) is 0 Å². The number of nitrogens with one attached hydrogen (secondary N) is 2. The van der Waals surface area contributed by atoms with E-state index >= 15 is 0 Å². The average molecular weight is 287 g/mol. The van der Waals surface area contributed by atoms with Crippen LogP contribution in [0.2, 0.25) is 0 Å². The molecule has 0 aliphatic heterocycles. The molecule has 0 saturated heterocycles. The summed E-state index contributed by atoms with van der Waals surface area (Å²) in [5.74, 6) is -0.446. The SMILES string of the molecule is O=C(NCCc1ccc([N+](=O)[O-])cc1)c1c[nH]ccc1=O. The molecule has 0 aliphatic rings. The van der Waals surface area contributed by atoms with Gasteiger partial charge in [0.05, 0.1) is 4.92 Å². The number of nitrogens with zero attached hydrogens (tertiary/aromatic N) is 1. The van der Waals surface area contributed by atoms with Crippen molar-refractivity contribution in [2.45, 2.75) is 6.42 Å². The van der Waals surface area contributed by atoms with E-state index < -0.39 is 10.8 Å². The largest absolute Gasteiger partial charge is 0.367 e. The number of H-pyrrole nitrogens is 1. The Bertz CT molecular complexity index is 707. The molecule has 7 nitrogen and oxygen atoms in total. The highest BCUT2D eigenvalue weighted by molar-refractivity contribution is 5.93. The zero-order valence-electron chi connectivity index (χ0n) is 11.0. The second kappa shape index (κ2) is 6.47. The van der Waals surface area contributed by atoms with E-state index in [4.69, 9.17) is 0 Å². The predicted molar refractivity (Wildman–Crippen MR) is 76.2 cm³/mol. The van der Waals surface area contributed by atoms with E-state index in [1.165, 1.54) is 30.6 Å². The molecule has 0 bridgehead atoms. The molecule has 1 aromatic carbocycles. The van der Waals surface area contributed by atoms with Gasteiger partial charge in [0, 0.05) is 37.1 Å². The van der Waals surface area contributed by atoms with Crippen LogP contribution in [0.15, 0.2) is 47.5 Å². The molecule has 0 spiro atoms. The number of nitro benzene ring substituents is 1. The molecule has 1 amide bonds. The van der Waals surface area contributed by atoms with Gasteiger partial charge >= 0.3 is 0 Å². The number of hydrogen-bond acceptors (Lipinski definition) is 4. The molecule has 0 fully saturated rings. The van der Waals surface area contributed by atoms with E-state index in [-0.39, 0.29) is 16.7 Å². The Balaban J connectivity index is 1.90. The number of carbonyl (C=O) groups is 1. The molecule has 1 heterocycles. The first-order chi connectivity index (χ1) is 10.1. The van der Waals surface area contributed by atoms with E-state index in [1.54, 1.807) is 12.1 Å². The average Bonchev–Trinajstić information content (AvgIpc) is 2.48. The van der Waals surface area contributed by atoms with Crippen molar-refractivity contribution < 1.29 is 9.72 Å². The standard InChI is InChI=1S/C14H13N3O4/c18-13-6-7-15-9-12(13)14(19)16-8-5-10-1-3-11(4-2-10)17(20)21/h1-4,6-7,9H,5,8H2,(H,15,18)(H,16,19). The third-order valence-corrected chi connectivity index (χ3v) is 2.92. The molecule has 2 N–H and O–H groups in total. The third kappa shape index (κ3) is 3.75. The third-order valence-electron chi connectivity index (χ3n) is 2.92. The monoisotopic (exact) mass is 287 g/mol. The highest BCUT2D eigenvalue weighted by atomic mass is 16.6. The maximum atomic E-state index is 11.8. The minimum atomic E-state index is -0.465. The van der Waals surface area contributed by atoms with Crippen LogP contribution in [-0.4, -0.2) is 22.4 Å². The number of amides is 1. The lowest BCUT2D eigenvalue weighted by molar-refractivity contribution is -0.384. The van der Waals surface area contributed by atoms with Crippen molar-refractivity contribution in [3.05, 3.63) is 74.2 Å². The summed E-state index contributed by atoms with van der Waals surface area (Å²) >= 11 is 0. The molecule has 7 heteroatoms. The highest BCUT2D eigenvalue weighted by Crippen LogP contribution is 2.11. The zero-order valence-corrected chi connectivity index (χ0v) is 11.0. The van der Waals surface area contributed by atoms with Crippen LogP contribution >= 0.6 is 0 Å². The fourth-order valence-corrected chi connectivity index (χ4v) is 1.79. The molecule has 0 saturated carbocycles. The number of carbonyl (C=O) groups excluding carboxylic acids is 1. The summed E-state index contributed by atoms with van der Waals surface area (Å²) in [6, 6.07) is 7.39.